The fourth-order valence-electron chi connectivity index (χ4n) is 5.50. The van der Waals surface area contributed by atoms with E-state index in [-0.39, 0.29) is 43.0 Å². The highest BCUT2D eigenvalue weighted by atomic mass is 32.1. The van der Waals surface area contributed by atoms with Crippen molar-refractivity contribution in [2.75, 3.05) is 6.54 Å². The lowest BCUT2D eigenvalue weighted by molar-refractivity contribution is -0.137. The third-order valence-electron chi connectivity index (χ3n) is 8.13. The average Bonchev–Trinajstić information content (AvgIpc) is 3.72. The molecule has 2 aromatic rings. The quantitative estimate of drug-likeness (QED) is 0.150. The van der Waals surface area contributed by atoms with Crippen molar-refractivity contribution in [1.29, 1.82) is 0 Å². The van der Waals surface area contributed by atoms with Gasteiger partial charge < -0.3 is 31.3 Å². The molecule has 48 heavy (non-hydrogen) atoms. The number of hydrogen-bond donors (Lipinski definition) is 5. The molecule has 1 aliphatic rings. The zero-order valence-corrected chi connectivity index (χ0v) is 29.4. The second kappa shape index (κ2) is 18.4. The summed E-state index contributed by atoms with van der Waals surface area (Å²) in [6.07, 6.45) is 0.0742. The van der Waals surface area contributed by atoms with Crippen LogP contribution in [0.4, 0.5) is 0 Å². The molecule has 5 amide bonds. The molecular weight excluding hydrogens is 634 g/mol. The van der Waals surface area contributed by atoms with E-state index in [0.29, 0.717) is 17.8 Å². The van der Waals surface area contributed by atoms with Crippen LogP contribution in [0.25, 0.3) is 0 Å². The smallest absolute Gasteiger partial charge is 0.245 e. The monoisotopic (exact) mass is 683 g/mol. The first kappa shape index (κ1) is 38.3. The SMILES string of the molecule is CC(=O)N[C@H](C(=O)N[C@H](C(=O)N[C@@H](CC(C)C)C(=O)N[C@@H](C[C@@H]1CCNC1=O)C(=O)c1cccs1)[C@@H](C)OCc1ccccc1)C(C)C. The minimum atomic E-state index is -1.23. The molecule has 1 aliphatic heterocycles. The number of hydrogen-bond acceptors (Lipinski definition) is 8. The largest absolute Gasteiger partial charge is 0.371 e. The fraction of sp³-hybridized carbons (Fsp3) is 0.543. The summed E-state index contributed by atoms with van der Waals surface area (Å²) in [6, 6.07) is 8.57. The molecule has 1 aromatic carbocycles. The maximum atomic E-state index is 14.0. The lowest BCUT2D eigenvalue weighted by atomic mass is 9.94. The van der Waals surface area contributed by atoms with E-state index in [1.165, 1.54) is 18.3 Å². The van der Waals surface area contributed by atoms with Crippen LogP contribution in [0, 0.1) is 17.8 Å². The third-order valence-corrected chi connectivity index (χ3v) is 9.02. The van der Waals surface area contributed by atoms with E-state index in [1.54, 1.807) is 38.3 Å². The van der Waals surface area contributed by atoms with Crippen molar-refractivity contribution in [3.63, 3.8) is 0 Å². The number of rotatable bonds is 18. The van der Waals surface area contributed by atoms with Gasteiger partial charge >= 0.3 is 0 Å². The summed E-state index contributed by atoms with van der Waals surface area (Å²) in [6.45, 7) is 11.0. The molecule has 0 unspecified atom stereocenters. The molecule has 12 nitrogen and oxygen atoms in total. The van der Waals surface area contributed by atoms with Crippen LogP contribution in [0.2, 0.25) is 0 Å². The van der Waals surface area contributed by atoms with E-state index in [1.807, 2.05) is 44.2 Å². The Labute approximate surface area is 286 Å². The van der Waals surface area contributed by atoms with Gasteiger partial charge in [-0.15, -0.1) is 11.3 Å². The van der Waals surface area contributed by atoms with Crippen LogP contribution in [-0.4, -0.2) is 72.1 Å². The minimum absolute atomic E-state index is 0.0296. The van der Waals surface area contributed by atoms with Gasteiger partial charge in [-0.1, -0.05) is 64.1 Å². The van der Waals surface area contributed by atoms with Crippen LogP contribution in [-0.2, 0) is 35.3 Å². The van der Waals surface area contributed by atoms with Gasteiger partial charge in [0.15, 0.2) is 5.78 Å². The molecule has 0 aliphatic carbocycles. The molecule has 1 saturated heterocycles. The van der Waals surface area contributed by atoms with Gasteiger partial charge in [0.25, 0.3) is 0 Å². The first-order valence-electron chi connectivity index (χ1n) is 16.5. The molecule has 0 bridgehead atoms. The number of benzene rings is 1. The zero-order chi connectivity index (χ0) is 35.4. The number of ketones is 1. The van der Waals surface area contributed by atoms with Gasteiger partial charge in [-0.2, -0.15) is 0 Å². The number of carbonyl (C=O) groups is 6. The van der Waals surface area contributed by atoms with Crippen LogP contribution in [0.1, 0.15) is 76.0 Å². The van der Waals surface area contributed by atoms with E-state index in [0.717, 1.165) is 5.56 Å². The predicted octanol–water partition coefficient (Wildman–Crippen LogP) is 2.72. The molecule has 0 saturated carbocycles. The van der Waals surface area contributed by atoms with E-state index >= 15 is 0 Å². The number of ether oxygens (including phenoxy) is 1. The van der Waals surface area contributed by atoms with Crippen molar-refractivity contribution >= 4 is 46.7 Å². The zero-order valence-electron chi connectivity index (χ0n) is 28.5. The number of thiophene rings is 1. The van der Waals surface area contributed by atoms with Gasteiger partial charge in [-0.05, 0) is 55.0 Å². The summed E-state index contributed by atoms with van der Waals surface area (Å²) in [7, 11) is 0. The number of amides is 5. The molecule has 5 N–H and O–H groups in total. The molecule has 6 atom stereocenters. The minimum Gasteiger partial charge on any atom is -0.371 e. The Morgan fingerprint density at radius 1 is 0.854 bits per heavy atom. The van der Waals surface area contributed by atoms with Gasteiger partial charge in [-0.25, -0.2) is 0 Å². The van der Waals surface area contributed by atoms with Crippen molar-refractivity contribution < 1.29 is 33.5 Å². The first-order valence-corrected chi connectivity index (χ1v) is 17.3. The summed E-state index contributed by atoms with van der Waals surface area (Å²) in [4.78, 5) is 79.4. The van der Waals surface area contributed by atoms with Crippen molar-refractivity contribution in [3.8, 4) is 0 Å². The van der Waals surface area contributed by atoms with Crippen LogP contribution >= 0.6 is 11.3 Å². The number of Topliss-reactive ketones (excluding diaryl/α,β-unsaturated/α-hetero) is 1. The van der Waals surface area contributed by atoms with Gasteiger partial charge in [0.2, 0.25) is 29.5 Å². The lowest BCUT2D eigenvalue weighted by Gasteiger charge is -2.30. The third kappa shape index (κ3) is 11.6. The molecule has 1 fully saturated rings. The standard InChI is InChI=1S/C35H49N5O7S/c1-20(2)17-27(33(44)38-26(18-25-14-15-36-32(25)43)31(42)28-13-10-16-48-28)39-35(46)30(22(5)47-19-24-11-8-7-9-12-24)40-34(45)29(21(3)4)37-23(6)41/h7-13,16,20-22,25-27,29-30H,14-15,17-19H2,1-6H3,(H,36,43)(H,37,41)(H,38,44)(H,39,46)(H,40,45)/t22-,25+,26+,27+,29+,30+/m1/s1. The molecule has 0 spiro atoms. The fourth-order valence-corrected chi connectivity index (χ4v) is 6.22. The van der Waals surface area contributed by atoms with Crippen molar-refractivity contribution in [2.45, 2.75) is 97.7 Å². The molecule has 2 heterocycles. The highest BCUT2D eigenvalue weighted by molar-refractivity contribution is 7.12. The van der Waals surface area contributed by atoms with E-state index < -0.39 is 59.8 Å². The molecule has 0 radical (unpaired) electrons. The van der Waals surface area contributed by atoms with Gasteiger partial charge in [0, 0.05) is 19.4 Å². The Kier molecular flexibility index (Phi) is 14.7. The maximum Gasteiger partial charge on any atom is 0.245 e. The van der Waals surface area contributed by atoms with Gasteiger partial charge in [0.1, 0.15) is 18.1 Å². The van der Waals surface area contributed by atoms with Crippen molar-refractivity contribution in [2.24, 2.45) is 17.8 Å². The Hall–Kier alpha value is -4.10. The Morgan fingerprint density at radius 3 is 2.08 bits per heavy atom. The second-order valence-electron chi connectivity index (χ2n) is 13.0. The second-order valence-corrected chi connectivity index (χ2v) is 14.0. The van der Waals surface area contributed by atoms with E-state index in [9.17, 15) is 28.8 Å². The first-order chi connectivity index (χ1) is 22.8. The Morgan fingerprint density at radius 2 is 1.52 bits per heavy atom. The van der Waals surface area contributed by atoms with E-state index in [2.05, 4.69) is 26.6 Å². The van der Waals surface area contributed by atoms with Crippen molar-refractivity contribution in [1.82, 2.24) is 26.6 Å². The highest BCUT2D eigenvalue weighted by Crippen LogP contribution is 2.21. The highest BCUT2D eigenvalue weighted by Gasteiger charge is 2.37. The number of carbonyl (C=O) groups excluding carboxylic acids is 6. The van der Waals surface area contributed by atoms with Crippen LogP contribution in [0.3, 0.4) is 0 Å². The molecular formula is C35H49N5O7S. The van der Waals surface area contributed by atoms with E-state index in [4.69, 9.17) is 4.74 Å². The summed E-state index contributed by atoms with van der Waals surface area (Å²) >= 11 is 1.25. The van der Waals surface area contributed by atoms with Crippen molar-refractivity contribution in [3.05, 3.63) is 58.3 Å². The Balaban J connectivity index is 1.85. The lowest BCUT2D eigenvalue weighted by Crippen LogP contribution is -2.61. The average molecular weight is 684 g/mol. The number of nitrogens with one attached hydrogen (secondary N) is 5. The van der Waals surface area contributed by atoms with Crippen LogP contribution < -0.4 is 26.6 Å². The summed E-state index contributed by atoms with van der Waals surface area (Å²) in [5.74, 6) is -3.42. The Bertz CT molecular complexity index is 1400. The summed E-state index contributed by atoms with van der Waals surface area (Å²) in [5, 5.41) is 15.6. The topological polar surface area (TPSA) is 172 Å². The predicted molar refractivity (Wildman–Crippen MR) is 183 cm³/mol. The summed E-state index contributed by atoms with van der Waals surface area (Å²) < 4.78 is 6.03. The molecule has 3 rings (SSSR count). The maximum absolute atomic E-state index is 14.0. The molecule has 262 valence electrons. The van der Waals surface area contributed by atoms with Gasteiger partial charge in [0.05, 0.1) is 23.6 Å². The van der Waals surface area contributed by atoms with Crippen LogP contribution in [0.5, 0.6) is 0 Å². The molecule has 1 aromatic heterocycles. The normalized spacial score (nSPS) is 17.5. The molecule has 13 heteroatoms. The van der Waals surface area contributed by atoms with Gasteiger partial charge in [-0.3, -0.25) is 28.8 Å². The van der Waals surface area contributed by atoms with Crippen LogP contribution in [0.15, 0.2) is 47.8 Å². The summed E-state index contributed by atoms with van der Waals surface area (Å²) in [5.41, 5.74) is 0.864.